The number of anilines is 1. The van der Waals surface area contributed by atoms with Gasteiger partial charge in [-0.1, -0.05) is 49.9 Å². The van der Waals surface area contributed by atoms with Gasteiger partial charge in [-0.2, -0.15) is 0 Å². The van der Waals surface area contributed by atoms with Gasteiger partial charge in [0.2, 0.25) is 5.91 Å². The Balaban J connectivity index is 1.32. The molecule has 2 aromatic carbocycles. The minimum absolute atomic E-state index is 0.0574. The van der Waals surface area contributed by atoms with E-state index in [1.54, 1.807) is 0 Å². The highest BCUT2D eigenvalue weighted by Gasteiger charge is 2.15. The standard InChI is InChI=1S/C25H30N4O2S/c1-17(2)21-10-6-7-11-22(21)26-24(30)16-32-25-28-27-23(29(25)3)15-31-20-13-12-18-8-4-5-9-19(18)14-20/h6-7,10-14,17H,4-5,8-9,15-16H2,1-3H3,(H,26,30). The number of thioether (sulfide) groups is 1. The van der Waals surface area contributed by atoms with Crippen LogP contribution in [0, 0.1) is 0 Å². The zero-order valence-corrected chi connectivity index (χ0v) is 19.7. The molecule has 168 valence electrons. The lowest BCUT2D eigenvalue weighted by Crippen LogP contribution is -2.16. The monoisotopic (exact) mass is 450 g/mol. The van der Waals surface area contributed by atoms with Gasteiger partial charge in [0.05, 0.1) is 5.75 Å². The van der Waals surface area contributed by atoms with Crippen molar-refractivity contribution in [2.75, 3.05) is 11.1 Å². The third-order valence-electron chi connectivity index (χ3n) is 5.80. The first kappa shape index (κ1) is 22.4. The molecule has 0 fully saturated rings. The summed E-state index contributed by atoms with van der Waals surface area (Å²) in [5.41, 5.74) is 4.83. The summed E-state index contributed by atoms with van der Waals surface area (Å²) in [6.07, 6.45) is 4.81. The fourth-order valence-electron chi connectivity index (χ4n) is 3.97. The molecule has 0 spiro atoms. The molecule has 3 aromatic rings. The largest absolute Gasteiger partial charge is 0.486 e. The first-order valence-electron chi connectivity index (χ1n) is 11.2. The molecule has 1 amide bonds. The zero-order valence-electron chi connectivity index (χ0n) is 18.9. The molecule has 1 heterocycles. The van der Waals surface area contributed by atoms with E-state index in [1.807, 2.05) is 41.9 Å². The van der Waals surface area contributed by atoms with Crippen LogP contribution < -0.4 is 10.1 Å². The normalized spacial score (nSPS) is 13.1. The zero-order chi connectivity index (χ0) is 22.5. The SMILES string of the molecule is CC(C)c1ccccc1NC(=O)CSc1nnc(COc2ccc3c(c2)CCCC3)n1C. The van der Waals surface area contributed by atoms with Crippen LogP contribution in [0.4, 0.5) is 5.69 Å². The number of nitrogens with zero attached hydrogens (tertiary/aromatic N) is 3. The van der Waals surface area contributed by atoms with Gasteiger partial charge in [-0.05, 0) is 66.5 Å². The molecule has 0 atom stereocenters. The van der Waals surface area contributed by atoms with E-state index in [0.717, 1.165) is 35.7 Å². The van der Waals surface area contributed by atoms with Crippen molar-refractivity contribution < 1.29 is 9.53 Å². The van der Waals surface area contributed by atoms with Gasteiger partial charge in [-0.25, -0.2) is 0 Å². The Labute approximate surface area is 193 Å². The Bertz CT molecular complexity index is 1090. The highest BCUT2D eigenvalue weighted by atomic mass is 32.2. The van der Waals surface area contributed by atoms with Crippen LogP contribution in [0.3, 0.4) is 0 Å². The maximum Gasteiger partial charge on any atom is 0.234 e. The van der Waals surface area contributed by atoms with E-state index < -0.39 is 0 Å². The number of carbonyl (C=O) groups is 1. The molecule has 1 aliphatic rings. The summed E-state index contributed by atoms with van der Waals surface area (Å²) in [6, 6.07) is 14.3. The number of hydrogen-bond acceptors (Lipinski definition) is 5. The Kier molecular flexibility index (Phi) is 7.15. The Morgan fingerprint density at radius 1 is 1.12 bits per heavy atom. The summed E-state index contributed by atoms with van der Waals surface area (Å²) >= 11 is 1.37. The van der Waals surface area contributed by atoms with E-state index >= 15 is 0 Å². The van der Waals surface area contributed by atoms with Gasteiger partial charge < -0.3 is 14.6 Å². The van der Waals surface area contributed by atoms with Crippen molar-refractivity contribution in [3.8, 4) is 5.75 Å². The topological polar surface area (TPSA) is 69.0 Å². The molecule has 1 aliphatic carbocycles. The molecule has 0 saturated heterocycles. The van der Waals surface area contributed by atoms with Crippen LogP contribution in [0.25, 0.3) is 0 Å². The number of benzene rings is 2. The molecule has 7 heteroatoms. The molecular formula is C25H30N4O2S. The van der Waals surface area contributed by atoms with Crippen LogP contribution in [0.15, 0.2) is 47.6 Å². The average molecular weight is 451 g/mol. The predicted molar refractivity (Wildman–Crippen MR) is 128 cm³/mol. The van der Waals surface area contributed by atoms with Crippen molar-refractivity contribution in [3.63, 3.8) is 0 Å². The molecule has 0 aliphatic heterocycles. The van der Waals surface area contributed by atoms with E-state index in [4.69, 9.17) is 4.74 Å². The number of para-hydroxylation sites is 1. The third kappa shape index (κ3) is 5.33. The molecule has 6 nitrogen and oxygen atoms in total. The molecule has 1 aromatic heterocycles. The molecular weight excluding hydrogens is 420 g/mol. The number of fused-ring (bicyclic) bond motifs is 1. The maximum atomic E-state index is 12.5. The second kappa shape index (κ2) is 10.2. The lowest BCUT2D eigenvalue weighted by atomic mass is 9.92. The van der Waals surface area contributed by atoms with Gasteiger partial charge in [0, 0.05) is 12.7 Å². The van der Waals surface area contributed by atoms with Crippen molar-refractivity contribution in [1.82, 2.24) is 14.8 Å². The van der Waals surface area contributed by atoms with E-state index in [2.05, 4.69) is 41.5 Å². The summed E-state index contributed by atoms with van der Waals surface area (Å²) < 4.78 is 7.87. The van der Waals surface area contributed by atoms with Crippen molar-refractivity contribution in [3.05, 3.63) is 65.0 Å². The number of aromatic nitrogens is 3. The number of carbonyl (C=O) groups excluding carboxylic acids is 1. The molecule has 1 N–H and O–H groups in total. The van der Waals surface area contributed by atoms with Crippen LogP contribution in [-0.4, -0.2) is 26.4 Å². The van der Waals surface area contributed by atoms with Crippen LogP contribution in [0.5, 0.6) is 5.75 Å². The quantitative estimate of drug-likeness (QED) is 0.482. The van der Waals surface area contributed by atoms with Crippen molar-refractivity contribution in [2.24, 2.45) is 7.05 Å². The molecule has 0 saturated carbocycles. The molecule has 0 radical (unpaired) electrons. The number of hydrogen-bond donors (Lipinski definition) is 1. The summed E-state index contributed by atoms with van der Waals surface area (Å²) in [6.45, 7) is 4.58. The van der Waals surface area contributed by atoms with Gasteiger partial charge in [0.15, 0.2) is 11.0 Å². The van der Waals surface area contributed by atoms with Gasteiger partial charge in [0.1, 0.15) is 12.4 Å². The number of ether oxygens (including phenoxy) is 1. The fraction of sp³-hybridized carbons (Fsp3) is 0.400. The summed E-state index contributed by atoms with van der Waals surface area (Å²) in [4.78, 5) is 12.5. The van der Waals surface area contributed by atoms with E-state index in [0.29, 0.717) is 17.7 Å². The molecule has 0 unspecified atom stereocenters. The number of rotatable bonds is 8. The van der Waals surface area contributed by atoms with Gasteiger partial charge in [-0.15, -0.1) is 10.2 Å². The van der Waals surface area contributed by atoms with E-state index in [-0.39, 0.29) is 11.7 Å². The van der Waals surface area contributed by atoms with Crippen molar-refractivity contribution >= 4 is 23.4 Å². The maximum absolute atomic E-state index is 12.5. The second-order valence-corrected chi connectivity index (χ2v) is 9.41. The van der Waals surface area contributed by atoms with E-state index in [1.165, 1.54) is 35.7 Å². The van der Waals surface area contributed by atoms with Crippen LogP contribution in [-0.2, 0) is 31.3 Å². The molecule has 4 rings (SSSR count). The smallest absolute Gasteiger partial charge is 0.234 e. The van der Waals surface area contributed by atoms with Crippen molar-refractivity contribution in [1.29, 1.82) is 0 Å². The first-order chi connectivity index (χ1) is 15.5. The third-order valence-corrected chi connectivity index (χ3v) is 6.82. The fourth-order valence-corrected chi connectivity index (χ4v) is 4.70. The van der Waals surface area contributed by atoms with Crippen LogP contribution in [0.1, 0.15) is 55.1 Å². The highest BCUT2D eigenvalue weighted by Crippen LogP contribution is 2.26. The molecule has 32 heavy (non-hydrogen) atoms. The number of amides is 1. The van der Waals surface area contributed by atoms with Crippen LogP contribution in [0.2, 0.25) is 0 Å². The Morgan fingerprint density at radius 3 is 2.72 bits per heavy atom. The second-order valence-electron chi connectivity index (χ2n) is 8.46. The summed E-state index contributed by atoms with van der Waals surface area (Å²) in [5.74, 6) is 2.15. The average Bonchev–Trinajstić information content (AvgIpc) is 3.15. The Morgan fingerprint density at radius 2 is 1.91 bits per heavy atom. The lowest BCUT2D eigenvalue weighted by Gasteiger charge is -2.16. The van der Waals surface area contributed by atoms with Gasteiger partial charge in [0.25, 0.3) is 0 Å². The minimum atomic E-state index is -0.0574. The Hall–Kier alpha value is -2.80. The first-order valence-corrected chi connectivity index (χ1v) is 12.1. The predicted octanol–water partition coefficient (Wildman–Crippen LogP) is 5.13. The lowest BCUT2D eigenvalue weighted by molar-refractivity contribution is -0.113. The van der Waals surface area contributed by atoms with Crippen LogP contribution >= 0.6 is 11.8 Å². The molecule has 0 bridgehead atoms. The number of aryl methyl sites for hydroxylation is 2. The number of nitrogens with one attached hydrogen (secondary N) is 1. The summed E-state index contributed by atoms with van der Waals surface area (Å²) in [7, 11) is 1.90. The van der Waals surface area contributed by atoms with Gasteiger partial charge in [-0.3, -0.25) is 4.79 Å². The summed E-state index contributed by atoms with van der Waals surface area (Å²) in [5, 5.41) is 12.2. The van der Waals surface area contributed by atoms with E-state index in [9.17, 15) is 4.79 Å². The van der Waals surface area contributed by atoms with Crippen molar-refractivity contribution in [2.45, 2.75) is 57.2 Å². The minimum Gasteiger partial charge on any atom is -0.486 e. The van der Waals surface area contributed by atoms with Gasteiger partial charge >= 0.3 is 0 Å². The highest BCUT2D eigenvalue weighted by molar-refractivity contribution is 7.99.